The van der Waals surface area contributed by atoms with E-state index in [-0.39, 0.29) is 18.2 Å². The van der Waals surface area contributed by atoms with Gasteiger partial charge >= 0.3 is 5.97 Å². The van der Waals surface area contributed by atoms with Crippen molar-refractivity contribution in [2.24, 2.45) is 0 Å². The Morgan fingerprint density at radius 2 is 1.97 bits per heavy atom. The van der Waals surface area contributed by atoms with E-state index in [2.05, 4.69) is 18.6 Å². The molecule has 0 bridgehead atoms. The molecule has 158 valence electrons. The standard InChI is InChI=1S/C22H23NO6S/c1-12(2)16-9-14(13(3)8-18(16)27-4)10-19-20(24)23(22(26)30-19)11-15-6-7-17(29-15)21(25)28-5/h6-10,12H,11H2,1-5H3. The van der Waals surface area contributed by atoms with Gasteiger partial charge in [-0.05, 0) is 71.6 Å². The van der Waals surface area contributed by atoms with E-state index in [0.717, 1.165) is 39.1 Å². The zero-order chi connectivity index (χ0) is 22.0. The zero-order valence-corrected chi connectivity index (χ0v) is 18.3. The normalized spacial score (nSPS) is 15.4. The summed E-state index contributed by atoms with van der Waals surface area (Å²) in [7, 11) is 2.88. The largest absolute Gasteiger partial charge is 0.496 e. The predicted octanol–water partition coefficient (Wildman–Crippen LogP) is 4.74. The molecule has 1 aliphatic rings. The van der Waals surface area contributed by atoms with Crippen molar-refractivity contribution in [2.45, 2.75) is 33.2 Å². The first-order valence-electron chi connectivity index (χ1n) is 9.36. The van der Waals surface area contributed by atoms with Crippen LogP contribution in [-0.2, 0) is 16.1 Å². The van der Waals surface area contributed by atoms with Gasteiger partial charge in [-0.1, -0.05) is 13.8 Å². The highest BCUT2D eigenvalue weighted by Gasteiger charge is 2.36. The number of aryl methyl sites for hydroxylation is 1. The molecule has 0 aliphatic carbocycles. The third-order valence-electron chi connectivity index (χ3n) is 4.76. The first kappa shape index (κ1) is 21.7. The molecule has 1 aromatic carbocycles. The average molecular weight is 429 g/mol. The fraction of sp³-hybridized carbons (Fsp3) is 0.318. The van der Waals surface area contributed by atoms with Crippen molar-refractivity contribution >= 4 is 35.0 Å². The molecular weight excluding hydrogens is 406 g/mol. The van der Waals surface area contributed by atoms with Gasteiger partial charge in [0.1, 0.15) is 11.5 Å². The maximum atomic E-state index is 12.8. The number of carbonyl (C=O) groups excluding carboxylic acids is 3. The maximum absolute atomic E-state index is 12.8. The molecule has 1 aliphatic heterocycles. The highest BCUT2D eigenvalue weighted by Crippen LogP contribution is 2.36. The third kappa shape index (κ3) is 4.28. The average Bonchev–Trinajstić information content (AvgIpc) is 3.29. The van der Waals surface area contributed by atoms with Gasteiger partial charge in [0.05, 0.1) is 25.7 Å². The minimum absolute atomic E-state index is 0.0186. The molecule has 1 fully saturated rings. The Kier molecular flexibility index (Phi) is 6.36. The van der Waals surface area contributed by atoms with Crippen molar-refractivity contribution in [1.82, 2.24) is 4.90 Å². The van der Waals surface area contributed by atoms with Crippen LogP contribution in [0.4, 0.5) is 4.79 Å². The summed E-state index contributed by atoms with van der Waals surface area (Å²) in [5, 5.41) is -0.391. The Bertz CT molecular complexity index is 1040. The number of rotatable bonds is 6. The van der Waals surface area contributed by atoms with Crippen molar-refractivity contribution in [2.75, 3.05) is 14.2 Å². The van der Waals surface area contributed by atoms with Crippen LogP contribution in [0.25, 0.3) is 6.08 Å². The Morgan fingerprint density at radius 1 is 1.23 bits per heavy atom. The summed E-state index contributed by atoms with van der Waals surface area (Å²) in [6.45, 7) is 6.01. The molecule has 2 heterocycles. The van der Waals surface area contributed by atoms with Gasteiger partial charge in [-0.3, -0.25) is 14.5 Å². The lowest BCUT2D eigenvalue weighted by Crippen LogP contribution is -2.27. The number of hydrogen-bond acceptors (Lipinski definition) is 7. The molecule has 1 aromatic heterocycles. The minimum atomic E-state index is -0.619. The molecule has 0 atom stereocenters. The topological polar surface area (TPSA) is 86.0 Å². The number of nitrogens with zero attached hydrogens (tertiary/aromatic N) is 1. The van der Waals surface area contributed by atoms with Gasteiger partial charge in [-0.2, -0.15) is 0 Å². The van der Waals surface area contributed by atoms with E-state index >= 15 is 0 Å². The van der Waals surface area contributed by atoms with Crippen LogP contribution in [0, 0.1) is 6.92 Å². The smallest absolute Gasteiger partial charge is 0.373 e. The summed E-state index contributed by atoms with van der Waals surface area (Å²) in [6.07, 6.45) is 1.73. The first-order valence-corrected chi connectivity index (χ1v) is 10.2. The first-order chi connectivity index (χ1) is 14.2. The van der Waals surface area contributed by atoms with E-state index in [1.807, 2.05) is 19.1 Å². The van der Waals surface area contributed by atoms with E-state index in [0.29, 0.717) is 10.7 Å². The van der Waals surface area contributed by atoms with Crippen LogP contribution in [0.5, 0.6) is 5.75 Å². The Labute approximate surface area is 179 Å². The highest BCUT2D eigenvalue weighted by molar-refractivity contribution is 8.18. The molecule has 2 amide bonds. The lowest BCUT2D eigenvalue weighted by molar-refractivity contribution is -0.123. The van der Waals surface area contributed by atoms with Crippen molar-refractivity contribution in [1.29, 1.82) is 0 Å². The second-order valence-electron chi connectivity index (χ2n) is 7.13. The minimum Gasteiger partial charge on any atom is -0.496 e. The number of carbonyl (C=O) groups is 3. The van der Waals surface area contributed by atoms with E-state index < -0.39 is 17.1 Å². The number of thioether (sulfide) groups is 1. The maximum Gasteiger partial charge on any atom is 0.373 e. The van der Waals surface area contributed by atoms with Crippen LogP contribution < -0.4 is 4.74 Å². The van der Waals surface area contributed by atoms with Gasteiger partial charge in [0.25, 0.3) is 11.1 Å². The summed E-state index contributed by atoms with van der Waals surface area (Å²) < 4.78 is 15.4. The monoisotopic (exact) mass is 429 g/mol. The number of furan rings is 1. The molecule has 3 rings (SSSR count). The van der Waals surface area contributed by atoms with Crippen molar-refractivity contribution in [3.8, 4) is 5.75 Å². The number of methoxy groups -OCH3 is 2. The second kappa shape index (κ2) is 8.79. The van der Waals surface area contributed by atoms with E-state index in [4.69, 9.17) is 9.15 Å². The van der Waals surface area contributed by atoms with Gasteiger partial charge in [-0.15, -0.1) is 0 Å². The van der Waals surface area contributed by atoms with Gasteiger partial charge in [0.15, 0.2) is 0 Å². The van der Waals surface area contributed by atoms with E-state index in [1.54, 1.807) is 19.3 Å². The number of amides is 2. The molecule has 7 nitrogen and oxygen atoms in total. The molecular formula is C22H23NO6S. The van der Waals surface area contributed by atoms with Crippen LogP contribution >= 0.6 is 11.8 Å². The Balaban J connectivity index is 1.85. The SMILES string of the molecule is COC(=O)c1ccc(CN2C(=O)SC(=Cc3cc(C(C)C)c(OC)cc3C)C2=O)o1. The lowest BCUT2D eigenvalue weighted by atomic mass is 9.96. The summed E-state index contributed by atoms with van der Waals surface area (Å²) in [5.41, 5.74) is 2.83. The zero-order valence-electron chi connectivity index (χ0n) is 17.5. The van der Waals surface area contributed by atoms with Gasteiger partial charge < -0.3 is 13.9 Å². The molecule has 1 saturated heterocycles. The van der Waals surface area contributed by atoms with Crippen LogP contribution in [0.1, 0.15) is 52.8 Å². The quantitative estimate of drug-likeness (QED) is 0.484. The third-order valence-corrected chi connectivity index (χ3v) is 5.67. The van der Waals surface area contributed by atoms with Crippen LogP contribution in [0.15, 0.2) is 33.6 Å². The molecule has 2 aromatic rings. The fourth-order valence-electron chi connectivity index (χ4n) is 3.11. The molecule has 30 heavy (non-hydrogen) atoms. The predicted molar refractivity (Wildman–Crippen MR) is 113 cm³/mol. The highest BCUT2D eigenvalue weighted by atomic mass is 32.2. The molecule has 0 N–H and O–H groups in total. The number of ether oxygens (including phenoxy) is 2. The summed E-state index contributed by atoms with van der Waals surface area (Å²) >= 11 is 0.880. The van der Waals surface area contributed by atoms with Crippen molar-refractivity contribution in [3.63, 3.8) is 0 Å². The molecule has 0 unspecified atom stereocenters. The molecule has 0 saturated carbocycles. The number of hydrogen-bond donors (Lipinski definition) is 0. The lowest BCUT2D eigenvalue weighted by Gasteiger charge is -2.15. The molecule has 8 heteroatoms. The summed E-state index contributed by atoms with van der Waals surface area (Å²) in [6, 6.07) is 6.91. The van der Waals surface area contributed by atoms with Crippen molar-refractivity contribution in [3.05, 3.63) is 57.4 Å². The van der Waals surface area contributed by atoms with E-state index in [9.17, 15) is 14.4 Å². The van der Waals surface area contributed by atoms with Gasteiger partial charge in [-0.25, -0.2) is 4.79 Å². The Morgan fingerprint density at radius 3 is 2.60 bits per heavy atom. The summed E-state index contributed by atoms with van der Waals surface area (Å²) in [5.74, 6) is 0.359. The van der Waals surface area contributed by atoms with Gasteiger partial charge in [0.2, 0.25) is 5.76 Å². The van der Waals surface area contributed by atoms with Crippen molar-refractivity contribution < 1.29 is 28.3 Å². The van der Waals surface area contributed by atoms with Crippen LogP contribution in [0.3, 0.4) is 0 Å². The Hall–Kier alpha value is -3.00. The number of benzene rings is 1. The van der Waals surface area contributed by atoms with Crippen LogP contribution in [0.2, 0.25) is 0 Å². The van der Waals surface area contributed by atoms with Crippen LogP contribution in [-0.4, -0.2) is 36.2 Å². The summed E-state index contributed by atoms with van der Waals surface area (Å²) in [4.78, 5) is 38.2. The number of esters is 1. The second-order valence-corrected chi connectivity index (χ2v) is 8.12. The molecule has 0 radical (unpaired) electrons. The molecule has 0 spiro atoms. The number of imide groups is 1. The van der Waals surface area contributed by atoms with Gasteiger partial charge in [0, 0.05) is 0 Å². The van der Waals surface area contributed by atoms with E-state index in [1.165, 1.54) is 13.2 Å². The fourth-order valence-corrected chi connectivity index (χ4v) is 3.94.